The third kappa shape index (κ3) is 5.49. The van der Waals surface area contributed by atoms with Crippen LogP contribution in [0.5, 0.6) is 0 Å². The molecule has 0 radical (unpaired) electrons. The maximum absolute atomic E-state index is 12.0. The molecule has 1 aliphatic heterocycles. The standard InChI is InChI=1S/C15H31N3O/c1-6-17(5)15(19)13(4)16-14-7-9-18(10-8-14)11-12(2)3/h12-14,16H,6-11H2,1-5H3. The summed E-state index contributed by atoms with van der Waals surface area (Å²) >= 11 is 0. The predicted molar refractivity (Wildman–Crippen MR) is 80.2 cm³/mol. The highest BCUT2D eigenvalue weighted by atomic mass is 16.2. The lowest BCUT2D eigenvalue weighted by Crippen LogP contribution is -2.51. The van der Waals surface area contributed by atoms with Crippen molar-refractivity contribution in [1.29, 1.82) is 0 Å². The molecule has 1 unspecified atom stereocenters. The van der Waals surface area contributed by atoms with E-state index in [0.717, 1.165) is 38.4 Å². The Kier molecular flexibility index (Phi) is 6.80. The zero-order chi connectivity index (χ0) is 14.4. The van der Waals surface area contributed by atoms with Gasteiger partial charge in [0.1, 0.15) is 0 Å². The zero-order valence-electron chi connectivity index (χ0n) is 13.3. The minimum absolute atomic E-state index is 0.0633. The molecule has 1 N–H and O–H groups in total. The largest absolute Gasteiger partial charge is 0.345 e. The van der Waals surface area contributed by atoms with Crippen molar-refractivity contribution in [2.75, 3.05) is 33.2 Å². The number of amides is 1. The van der Waals surface area contributed by atoms with Crippen molar-refractivity contribution in [3.63, 3.8) is 0 Å². The first-order valence-corrected chi connectivity index (χ1v) is 7.67. The molecule has 4 nitrogen and oxygen atoms in total. The molecule has 1 amide bonds. The molecule has 0 aromatic carbocycles. The van der Waals surface area contributed by atoms with Gasteiger partial charge in [-0.1, -0.05) is 13.8 Å². The van der Waals surface area contributed by atoms with E-state index in [9.17, 15) is 4.79 Å². The SMILES string of the molecule is CCN(C)C(=O)C(C)NC1CCN(CC(C)C)CC1. The van der Waals surface area contributed by atoms with E-state index in [2.05, 4.69) is 24.1 Å². The first kappa shape index (κ1) is 16.4. The highest BCUT2D eigenvalue weighted by molar-refractivity contribution is 5.81. The molecule has 0 aliphatic carbocycles. The van der Waals surface area contributed by atoms with Gasteiger partial charge < -0.3 is 15.1 Å². The van der Waals surface area contributed by atoms with Crippen LogP contribution in [0.2, 0.25) is 0 Å². The summed E-state index contributed by atoms with van der Waals surface area (Å²) in [5.41, 5.74) is 0. The van der Waals surface area contributed by atoms with Crippen molar-refractivity contribution in [2.24, 2.45) is 5.92 Å². The average Bonchev–Trinajstić information content (AvgIpc) is 2.38. The Hall–Kier alpha value is -0.610. The molecule has 1 fully saturated rings. The van der Waals surface area contributed by atoms with E-state index < -0.39 is 0 Å². The number of likely N-dealkylation sites (N-methyl/N-ethyl adjacent to an activating group) is 1. The number of carbonyl (C=O) groups is 1. The van der Waals surface area contributed by atoms with E-state index in [1.165, 1.54) is 6.54 Å². The quantitative estimate of drug-likeness (QED) is 0.795. The van der Waals surface area contributed by atoms with Gasteiger partial charge in [0.25, 0.3) is 0 Å². The summed E-state index contributed by atoms with van der Waals surface area (Å²) in [6.07, 6.45) is 2.31. The number of rotatable bonds is 6. The van der Waals surface area contributed by atoms with Crippen LogP contribution in [-0.4, -0.2) is 61.0 Å². The smallest absolute Gasteiger partial charge is 0.239 e. The van der Waals surface area contributed by atoms with Gasteiger partial charge in [0.15, 0.2) is 0 Å². The molecule has 1 heterocycles. The van der Waals surface area contributed by atoms with E-state index in [1.807, 2.05) is 20.9 Å². The Morgan fingerprint density at radius 2 is 1.89 bits per heavy atom. The Labute approximate surface area is 118 Å². The summed E-state index contributed by atoms with van der Waals surface area (Å²) < 4.78 is 0. The summed E-state index contributed by atoms with van der Waals surface area (Å²) in [6, 6.07) is 0.430. The summed E-state index contributed by atoms with van der Waals surface area (Å²) in [5.74, 6) is 0.940. The molecule has 1 aliphatic rings. The molecule has 0 spiro atoms. The summed E-state index contributed by atoms with van der Waals surface area (Å²) in [5, 5.41) is 3.49. The van der Waals surface area contributed by atoms with Crippen molar-refractivity contribution in [2.45, 2.75) is 52.6 Å². The lowest BCUT2D eigenvalue weighted by Gasteiger charge is -2.35. The van der Waals surface area contributed by atoms with Gasteiger partial charge in [-0.05, 0) is 45.7 Å². The van der Waals surface area contributed by atoms with Crippen LogP contribution in [0.4, 0.5) is 0 Å². The maximum atomic E-state index is 12.0. The Bertz CT molecular complexity index is 273. The van der Waals surface area contributed by atoms with Gasteiger partial charge in [-0.3, -0.25) is 4.79 Å². The molecular weight excluding hydrogens is 238 g/mol. The van der Waals surface area contributed by atoms with E-state index in [-0.39, 0.29) is 11.9 Å². The lowest BCUT2D eigenvalue weighted by molar-refractivity contribution is -0.131. The van der Waals surface area contributed by atoms with Crippen molar-refractivity contribution in [3.8, 4) is 0 Å². The van der Waals surface area contributed by atoms with Gasteiger partial charge in [-0.2, -0.15) is 0 Å². The Morgan fingerprint density at radius 1 is 1.32 bits per heavy atom. The predicted octanol–water partition coefficient (Wildman–Crippen LogP) is 1.56. The molecule has 1 saturated heterocycles. The Balaban J connectivity index is 2.30. The van der Waals surface area contributed by atoms with Crippen LogP contribution in [-0.2, 0) is 4.79 Å². The van der Waals surface area contributed by atoms with Crippen molar-refractivity contribution < 1.29 is 4.79 Å². The fourth-order valence-electron chi connectivity index (χ4n) is 2.71. The average molecular weight is 269 g/mol. The normalized spacial score (nSPS) is 19.7. The van der Waals surface area contributed by atoms with E-state index in [1.54, 1.807) is 4.90 Å². The third-order valence-corrected chi connectivity index (χ3v) is 3.92. The van der Waals surface area contributed by atoms with Crippen LogP contribution in [0.25, 0.3) is 0 Å². The zero-order valence-corrected chi connectivity index (χ0v) is 13.3. The lowest BCUT2D eigenvalue weighted by atomic mass is 10.0. The number of carbonyl (C=O) groups excluding carboxylic acids is 1. The molecule has 4 heteroatoms. The van der Waals surface area contributed by atoms with Crippen LogP contribution < -0.4 is 5.32 Å². The van der Waals surface area contributed by atoms with Crippen molar-refractivity contribution in [3.05, 3.63) is 0 Å². The van der Waals surface area contributed by atoms with Gasteiger partial charge in [-0.25, -0.2) is 0 Å². The van der Waals surface area contributed by atoms with Crippen LogP contribution in [0.3, 0.4) is 0 Å². The molecule has 0 aromatic heterocycles. The third-order valence-electron chi connectivity index (χ3n) is 3.92. The number of nitrogens with one attached hydrogen (secondary N) is 1. The highest BCUT2D eigenvalue weighted by Crippen LogP contribution is 2.13. The van der Waals surface area contributed by atoms with Gasteiger partial charge in [0.2, 0.25) is 5.91 Å². The molecule has 1 atom stereocenters. The van der Waals surface area contributed by atoms with Crippen LogP contribution >= 0.6 is 0 Å². The van der Waals surface area contributed by atoms with Crippen molar-refractivity contribution in [1.82, 2.24) is 15.1 Å². The number of piperidine rings is 1. The van der Waals surface area contributed by atoms with Crippen LogP contribution in [0.1, 0.15) is 40.5 Å². The Morgan fingerprint density at radius 3 is 2.37 bits per heavy atom. The molecule has 112 valence electrons. The fourth-order valence-corrected chi connectivity index (χ4v) is 2.71. The maximum Gasteiger partial charge on any atom is 0.239 e. The monoisotopic (exact) mass is 269 g/mol. The van der Waals surface area contributed by atoms with E-state index in [0.29, 0.717) is 6.04 Å². The van der Waals surface area contributed by atoms with Gasteiger partial charge in [0.05, 0.1) is 6.04 Å². The van der Waals surface area contributed by atoms with E-state index in [4.69, 9.17) is 0 Å². The minimum Gasteiger partial charge on any atom is -0.345 e. The summed E-state index contributed by atoms with van der Waals surface area (Å²) in [7, 11) is 1.87. The highest BCUT2D eigenvalue weighted by Gasteiger charge is 2.24. The molecule has 0 bridgehead atoms. The second-order valence-electron chi connectivity index (χ2n) is 6.21. The topological polar surface area (TPSA) is 35.6 Å². The molecule has 1 rings (SSSR count). The minimum atomic E-state index is -0.0633. The second-order valence-corrected chi connectivity index (χ2v) is 6.21. The fraction of sp³-hybridized carbons (Fsp3) is 0.933. The van der Waals surface area contributed by atoms with Gasteiger partial charge in [0, 0.05) is 26.2 Å². The molecule has 19 heavy (non-hydrogen) atoms. The van der Waals surface area contributed by atoms with Crippen LogP contribution in [0.15, 0.2) is 0 Å². The number of hydrogen-bond acceptors (Lipinski definition) is 3. The van der Waals surface area contributed by atoms with Gasteiger partial charge in [-0.15, -0.1) is 0 Å². The van der Waals surface area contributed by atoms with Crippen LogP contribution in [0, 0.1) is 5.92 Å². The molecular formula is C15H31N3O. The molecule has 0 aromatic rings. The first-order valence-electron chi connectivity index (χ1n) is 7.67. The number of hydrogen-bond donors (Lipinski definition) is 1. The second kappa shape index (κ2) is 7.85. The van der Waals surface area contributed by atoms with Gasteiger partial charge >= 0.3 is 0 Å². The summed E-state index contributed by atoms with van der Waals surface area (Å²) in [6.45, 7) is 12.8. The molecule has 0 saturated carbocycles. The first-order chi connectivity index (χ1) is 8.93. The van der Waals surface area contributed by atoms with E-state index >= 15 is 0 Å². The summed E-state index contributed by atoms with van der Waals surface area (Å²) in [4.78, 5) is 16.3. The van der Waals surface area contributed by atoms with Crippen molar-refractivity contribution >= 4 is 5.91 Å². The number of likely N-dealkylation sites (tertiary alicyclic amines) is 1. The number of nitrogens with zero attached hydrogens (tertiary/aromatic N) is 2.